The van der Waals surface area contributed by atoms with E-state index >= 15 is 0 Å². The fraction of sp³-hybridized carbons (Fsp3) is 0.333. The Kier molecular flexibility index (Phi) is 8.29. The third kappa shape index (κ3) is 6.66. The lowest BCUT2D eigenvalue weighted by Crippen LogP contribution is -2.36. The molecular weight excluding hydrogens is 452 g/mol. The summed E-state index contributed by atoms with van der Waals surface area (Å²) in [6.07, 6.45) is 1.59. The molecule has 2 heterocycles. The van der Waals surface area contributed by atoms with Crippen molar-refractivity contribution in [3.63, 3.8) is 0 Å². The van der Waals surface area contributed by atoms with Crippen LogP contribution in [-0.2, 0) is 29.7 Å². The van der Waals surface area contributed by atoms with Crippen molar-refractivity contribution < 1.29 is 14.3 Å². The first-order valence-electron chi connectivity index (χ1n) is 11.1. The SMILES string of the molecule is Cn1cnnc1SCC(=O)Nc1ccc(C(=O)NCc2ccccc2CN2CCOCC2)cc1. The van der Waals surface area contributed by atoms with Crippen LogP contribution in [0.1, 0.15) is 21.5 Å². The fourth-order valence-corrected chi connectivity index (χ4v) is 4.29. The largest absolute Gasteiger partial charge is 0.379 e. The highest BCUT2D eigenvalue weighted by Crippen LogP contribution is 2.16. The van der Waals surface area contributed by atoms with E-state index in [4.69, 9.17) is 4.74 Å². The van der Waals surface area contributed by atoms with Gasteiger partial charge in [0.05, 0.1) is 19.0 Å². The second-order valence-electron chi connectivity index (χ2n) is 7.98. The number of aromatic nitrogens is 3. The summed E-state index contributed by atoms with van der Waals surface area (Å²) in [5.41, 5.74) is 3.49. The van der Waals surface area contributed by atoms with E-state index in [1.165, 1.54) is 17.3 Å². The van der Waals surface area contributed by atoms with Crippen molar-refractivity contribution in [3.05, 3.63) is 71.5 Å². The second-order valence-corrected chi connectivity index (χ2v) is 8.92. The van der Waals surface area contributed by atoms with Gasteiger partial charge in [-0.05, 0) is 35.4 Å². The van der Waals surface area contributed by atoms with Crippen molar-refractivity contribution in [1.82, 2.24) is 25.0 Å². The van der Waals surface area contributed by atoms with Gasteiger partial charge in [0.2, 0.25) is 5.91 Å². The number of benzene rings is 2. The van der Waals surface area contributed by atoms with Crippen LogP contribution in [0.4, 0.5) is 5.69 Å². The number of aryl methyl sites for hydroxylation is 1. The Morgan fingerprint density at radius 3 is 2.50 bits per heavy atom. The summed E-state index contributed by atoms with van der Waals surface area (Å²) in [5.74, 6) is -0.0856. The second kappa shape index (κ2) is 11.8. The number of morpholine rings is 1. The van der Waals surface area contributed by atoms with Crippen molar-refractivity contribution in [1.29, 1.82) is 0 Å². The summed E-state index contributed by atoms with van der Waals surface area (Å²) in [7, 11) is 1.83. The van der Waals surface area contributed by atoms with Crippen LogP contribution < -0.4 is 10.6 Å². The maximum Gasteiger partial charge on any atom is 0.251 e. The number of thioether (sulfide) groups is 1. The molecule has 0 spiro atoms. The predicted molar refractivity (Wildman–Crippen MR) is 131 cm³/mol. The van der Waals surface area contributed by atoms with Crippen molar-refractivity contribution >= 4 is 29.3 Å². The summed E-state index contributed by atoms with van der Waals surface area (Å²) in [6, 6.07) is 15.0. The lowest BCUT2D eigenvalue weighted by molar-refractivity contribution is -0.113. The number of carbonyl (C=O) groups is 2. The van der Waals surface area contributed by atoms with Crippen LogP contribution in [0, 0.1) is 0 Å². The summed E-state index contributed by atoms with van der Waals surface area (Å²) >= 11 is 1.31. The maximum absolute atomic E-state index is 12.7. The van der Waals surface area contributed by atoms with Gasteiger partial charge in [-0.25, -0.2) is 0 Å². The van der Waals surface area contributed by atoms with Crippen LogP contribution in [0.2, 0.25) is 0 Å². The number of ether oxygens (including phenoxy) is 1. The molecule has 0 bridgehead atoms. The van der Waals surface area contributed by atoms with E-state index in [0.717, 1.165) is 38.4 Å². The van der Waals surface area contributed by atoms with Crippen LogP contribution >= 0.6 is 11.8 Å². The standard InChI is InChI=1S/C24H28N6O3S/c1-29-17-26-28-24(29)34-16-22(31)27-21-8-6-18(7-9-21)23(32)25-14-19-4-2-3-5-20(19)15-30-10-12-33-13-11-30/h2-9,17H,10-16H2,1H3,(H,25,32)(H,27,31). The summed E-state index contributed by atoms with van der Waals surface area (Å²) < 4.78 is 7.18. The van der Waals surface area contributed by atoms with Gasteiger partial charge in [0, 0.05) is 44.5 Å². The summed E-state index contributed by atoms with van der Waals surface area (Å²) in [6.45, 7) is 4.66. The van der Waals surface area contributed by atoms with Gasteiger partial charge in [0.1, 0.15) is 6.33 Å². The van der Waals surface area contributed by atoms with E-state index in [1.807, 2.05) is 25.2 Å². The summed E-state index contributed by atoms with van der Waals surface area (Å²) in [4.78, 5) is 27.2. The van der Waals surface area contributed by atoms with Crippen LogP contribution in [-0.4, -0.2) is 63.5 Å². The molecule has 1 aliphatic rings. The number of amides is 2. The molecule has 3 aromatic rings. The van der Waals surface area contributed by atoms with E-state index in [1.54, 1.807) is 35.2 Å². The minimum absolute atomic E-state index is 0.151. The molecule has 1 saturated heterocycles. The molecule has 2 N–H and O–H groups in total. The quantitative estimate of drug-likeness (QED) is 0.453. The van der Waals surface area contributed by atoms with E-state index < -0.39 is 0 Å². The monoisotopic (exact) mass is 480 g/mol. The molecule has 2 amide bonds. The molecule has 0 aliphatic carbocycles. The molecule has 0 saturated carbocycles. The molecule has 0 radical (unpaired) electrons. The van der Waals surface area contributed by atoms with Crippen molar-refractivity contribution in [2.75, 3.05) is 37.4 Å². The molecule has 9 nitrogen and oxygen atoms in total. The number of anilines is 1. The molecule has 1 aliphatic heterocycles. The van der Waals surface area contributed by atoms with E-state index in [2.05, 4.69) is 31.8 Å². The highest BCUT2D eigenvalue weighted by atomic mass is 32.2. The Balaban J connectivity index is 1.27. The van der Waals surface area contributed by atoms with Gasteiger partial charge in [-0.3, -0.25) is 14.5 Å². The van der Waals surface area contributed by atoms with Crippen LogP contribution in [0.25, 0.3) is 0 Å². The van der Waals surface area contributed by atoms with Gasteiger partial charge < -0.3 is 19.9 Å². The minimum atomic E-state index is -0.156. The third-order valence-electron chi connectivity index (χ3n) is 5.49. The lowest BCUT2D eigenvalue weighted by Gasteiger charge is -2.27. The van der Waals surface area contributed by atoms with Crippen molar-refractivity contribution in [2.45, 2.75) is 18.2 Å². The molecule has 10 heteroatoms. The average Bonchev–Trinajstić information content (AvgIpc) is 3.27. The fourth-order valence-electron chi connectivity index (χ4n) is 3.60. The maximum atomic E-state index is 12.7. The highest BCUT2D eigenvalue weighted by molar-refractivity contribution is 7.99. The Morgan fingerprint density at radius 1 is 1.06 bits per heavy atom. The zero-order valence-electron chi connectivity index (χ0n) is 19.1. The number of nitrogens with zero attached hydrogens (tertiary/aromatic N) is 4. The molecular formula is C24H28N6O3S. The van der Waals surface area contributed by atoms with Gasteiger partial charge >= 0.3 is 0 Å². The van der Waals surface area contributed by atoms with Gasteiger partial charge in [-0.1, -0.05) is 36.0 Å². The minimum Gasteiger partial charge on any atom is -0.379 e. The number of nitrogens with one attached hydrogen (secondary N) is 2. The third-order valence-corrected chi connectivity index (χ3v) is 6.52. The first kappa shape index (κ1) is 23.9. The van der Waals surface area contributed by atoms with E-state index in [9.17, 15) is 9.59 Å². The smallest absolute Gasteiger partial charge is 0.251 e. The molecule has 1 aromatic heterocycles. The topological polar surface area (TPSA) is 101 Å². The van der Waals surface area contributed by atoms with Gasteiger partial charge in [-0.2, -0.15) is 0 Å². The summed E-state index contributed by atoms with van der Waals surface area (Å²) in [5, 5.41) is 14.2. The molecule has 178 valence electrons. The number of hydrogen-bond acceptors (Lipinski definition) is 7. The number of hydrogen-bond donors (Lipinski definition) is 2. The first-order valence-corrected chi connectivity index (χ1v) is 12.1. The zero-order valence-corrected chi connectivity index (χ0v) is 19.9. The Hall–Kier alpha value is -3.21. The number of carbonyl (C=O) groups excluding carboxylic acids is 2. The first-order chi connectivity index (χ1) is 16.6. The molecule has 0 unspecified atom stereocenters. The Bertz CT molecular complexity index is 1110. The highest BCUT2D eigenvalue weighted by Gasteiger charge is 2.14. The normalized spacial score (nSPS) is 14.0. The molecule has 2 aromatic carbocycles. The number of rotatable bonds is 9. The zero-order chi connectivity index (χ0) is 23.8. The van der Waals surface area contributed by atoms with Gasteiger partial charge in [0.15, 0.2) is 5.16 Å². The van der Waals surface area contributed by atoms with Crippen molar-refractivity contribution in [3.8, 4) is 0 Å². The lowest BCUT2D eigenvalue weighted by atomic mass is 10.1. The van der Waals surface area contributed by atoms with Crippen LogP contribution in [0.15, 0.2) is 60.0 Å². The Labute approximate surface area is 202 Å². The predicted octanol–water partition coefficient (Wildman–Crippen LogP) is 2.31. The van der Waals surface area contributed by atoms with E-state index in [-0.39, 0.29) is 17.6 Å². The Morgan fingerprint density at radius 2 is 1.79 bits per heavy atom. The molecule has 4 rings (SSSR count). The van der Waals surface area contributed by atoms with Gasteiger partial charge in [0.25, 0.3) is 5.91 Å². The van der Waals surface area contributed by atoms with Crippen molar-refractivity contribution in [2.24, 2.45) is 7.05 Å². The molecule has 1 fully saturated rings. The molecule has 0 atom stereocenters. The van der Waals surface area contributed by atoms with Gasteiger partial charge in [-0.15, -0.1) is 10.2 Å². The van der Waals surface area contributed by atoms with Crippen LogP contribution in [0.3, 0.4) is 0 Å². The van der Waals surface area contributed by atoms with E-state index in [0.29, 0.717) is 23.0 Å². The van der Waals surface area contributed by atoms with Crippen LogP contribution in [0.5, 0.6) is 0 Å². The molecule has 34 heavy (non-hydrogen) atoms. The average molecular weight is 481 g/mol.